The van der Waals surface area contributed by atoms with Gasteiger partial charge in [-0.3, -0.25) is 9.69 Å². The highest BCUT2D eigenvalue weighted by Crippen LogP contribution is 2.21. The van der Waals surface area contributed by atoms with E-state index in [1.54, 1.807) is 18.2 Å². The summed E-state index contributed by atoms with van der Waals surface area (Å²) in [6.07, 6.45) is 3.17. The van der Waals surface area contributed by atoms with Crippen molar-refractivity contribution < 1.29 is 13.9 Å². The highest BCUT2D eigenvalue weighted by Gasteiger charge is 2.22. The van der Waals surface area contributed by atoms with Gasteiger partial charge in [-0.2, -0.15) is 0 Å². The molecule has 27 heavy (non-hydrogen) atoms. The van der Waals surface area contributed by atoms with Gasteiger partial charge in [-0.15, -0.1) is 0 Å². The molecule has 1 heterocycles. The summed E-state index contributed by atoms with van der Waals surface area (Å²) >= 11 is 0. The van der Waals surface area contributed by atoms with Crippen molar-refractivity contribution in [3.05, 3.63) is 77.1 Å². The van der Waals surface area contributed by atoms with Crippen LogP contribution in [0.4, 0.5) is 4.39 Å². The van der Waals surface area contributed by atoms with Gasteiger partial charge in [0.2, 0.25) is 5.91 Å². The van der Waals surface area contributed by atoms with E-state index in [4.69, 9.17) is 4.74 Å². The Hall–Kier alpha value is -2.50. The molecule has 142 valence electrons. The number of amides is 1. The van der Waals surface area contributed by atoms with E-state index in [0.29, 0.717) is 19.8 Å². The fourth-order valence-corrected chi connectivity index (χ4v) is 3.14. The van der Waals surface area contributed by atoms with Gasteiger partial charge in [0, 0.05) is 25.7 Å². The summed E-state index contributed by atoms with van der Waals surface area (Å²) in [4.78, 5) is 14.6. The lowest BCUT2D eigenvalue weighted by Gasteiger charge is -2.35. The maximum Gasteiger partial charge on any atom is 0.244 e. The summed E-state index contributed by atoms with van der Waals surface area (Å²) in [5, 5.41) is 2.99. The summed E-state index contributed by atoms with van der Waals surface area (Å²) in [6.45, 7) is 5.70. The molecule has 1 unspecified atom stereocenters. The minimum Gasteiger partial charge on any atom is -0.379 e. The molecule has 0 radical (unpaired) electrons. The van der Waals surface area contributed by atoms with Crippen molar-refractivity contribution >= 4 is 12.0 Å². The zero-order valence-corrected chi connectivity index (χ0v) is 15.5. The van der Waals surface area contributed by atoms with Crippen molar-refractivity contribution in [2.24, 2.45) is 0 Å². The standard InChI is InChI=1S/C22H25FN2O2/c1-17-2-7-19(8-3-17)21(25-12-14-27-15-13-25)16-24-22(26)11-6-18-4-9-20(23)10-5-18/h2-11,21H,12-16H2,1H3,(H,24,26)/b11-6+. The molecule has 1 aliphatic rings. The Morgan fingerprint density at radius 3 is 2.48 bits per heavy atom. The molecule has 2 aromatic carbocycles. The first-order valence-electron chi connectivity index (χ1n) is 9.22. The lowest BCUT2D eigenvalue weighted by Crippen LogP contribution is -2.43. The maximum atomic E-state index is 12.9. The number of halogens is 1. The third-order valence-electron chi connectivity index (χ3n) is 4.72. The molecule has 1 atom stereocenters. The fraction of sp³-hybridized carbons (Fsp3) is 0.318. The lowest BCUT2D eigenvalue weighted by molar-refractivity contribution is -0.116. The van der Waals surface area contributed by atoms with E-state index in [9.17, 15) is 9.18 Å². The Morgan fingerprint density at radius 1 is 1.15 bits per heavy atom. The number of aryl methyl sites for hydroxylation is 1. The van der Waals surface area contributed by atoms with Crippen molar-refractivity contribution in [1.29, 1.82) is 0 Å². The predicted molar refractivity (Wildman–Crippen MR) is 105 cm³/mol. The summed E-state index contributed by atoms with van der Waals surface area (Å²) in [5.41, 5.74) is 3.19. The van der Waals surface area contributed by atoms with Crippen LogP contribution >= 0.6 is 0 Å². The molecule has 3 rings (SSSR count). The fourth-order valence-electron chi connectivity index (χ4n) is 3.14. The quantitative estimate of drug-likeness (QED) is 0.795. The molecule has 1 amide bonds. The van der Waals surface area contributed by atoms with Crippen molar-refractivity contribution in [1.82, 2.24) is 10.2 Å². The highest BCUT2D eigenvalue weighted by atomic mass is 19.1. The number of carbonyl (C=O) groups is 1. The van der Waals surface area contributed by atoms with E-state index in [0.717, 1.165) is 18.7 Å². The van der Waals surface area contributed by atoms with Crippen molar-refractivity contribution in [2.45, 2.75) is 13.0 Å². The number of hydrogen-bond donors (Lipinski definition) is 1. The predicted octanol–water partition coefficient (Wildman–Crippen LogP) is 3.34. The smallest absolute Gasteiger partial charge is 0.244 e. The number of hydrogen-bond acceptors (Lipinski definition) is 3. The van der Waals surface area contributed by atoms with Gasteiger partial charge in [0.05, 0.1) is 19.3 Å². The Morgan fingerprint density at radius 2 is 1.81 bits per heavy atom. The molecule has 0 spiro atoms. The number of benzene rings is 2. The Labute approximate surface area is 159 Å². The second-order valence-corrected chi connectivity index (χ2v) is 6.70. The van der Waals surface area contributed by atoms with E-state index in [1.165, 1.54) is 29.3 Å². The average Bonchev–Trinajstić information content (AvgIpc) is 2.70. The molecule has 2 aromatic rings. The Balaban J connectivity index is 1.63. The summed E-state index contributed by atoms with van der Waals surface area (Å²) < 4.78 is 18.4. The molecule has 1 saturated heterocycles. The zero-order chi connectivity index (χ0) is 19.1. The van der Waals surface area contributed by atoms with Gasteiger partial charge in [-0.1, -0.05) is 42.0 Å². The van der Waals surface area contributed by atoms with E-state index in [2.05, 4.69) is 41.4 Å². The van der Waals surface area contributed by atoms with Gasteiger partial charge >= 0.3 is 0 Å². The summed E-state index contributed by atoms with van der Waals surface area (Å²) in [6, 6.07) is 14.6. The molecular weight excluding hydrogens is 343 g/mol. The van der Waals surface area contributed by atoms with Gasteiger partial charge in [-0.05, 0) is 36.3 Å². The number of carbonyl (C=O) groups excluding carboxylic acids is 1. The van der Waals surface area contributed by atoms with E-state index in [1.807, 2.05) is 0 Å². The highest BCUT2D eigenvalue weighted by molar-refractivity contribution is 5.91. The van der Waals surface area contributed by atoms with Crippen LogP contribution in [0.5, 0.6) is 0 Å². The van der Waals surface area contributed by atoms with E-state index >= 15 is 0 Å². The number of ether oxygens (including phenoxy) is 1. The second kappa shape index (κ2) is 9.44. The van der Waals surface area contributed by atoms with Crippen LogP contribution in [0, 0.1) is 12.7 Å². The molecule has 0 bridgehead atoms. The average molecular weight is 368 g/mol. The van der Waals surface area contributed by atoms with Crippen LogP contribution in [0.1, 0.15) is 22.7 Å². The summed E-state index contributed by atoms with van der Waals surface area (Å²) in [7, 11) is 0. The normalized spacial score (nSPS) is 16.4. The monoisotopic (exact) mass is 368 g/mol. The van der Waals surface area contributed by atoms with Crippen molar-refractivity contribution in [2.75, 3.05) is 32.8 Å². The minimum absolute atomic E-state index is 0.109. The van der Waals surface area contributed by atoms with E-state index in [-0.39, 0.29) is 17.8 Å². The third kappa shape index (κ3) is 5.74. The Bertz CT molecular complexity index is 766. The van der Waals surface area contributed by atoms with Crippen LogP contribution in [0.2, 0.25) is 0 Å². The van der Waals surface area contributed by atoms with Crippen LogP contribution in [-0.2, 0) is 9.53 Å². The van der Waals surface area contributed by atoms with Crippen LogP contribution in [0.25, 0.3) is 6.08 Å². The number of morpholine rings is 1. The first-order valence-corrected chi connectivity index (χ1v) is 9.22. The molecule has 0 aliphatic carbocycles. The van der Waals surface area contributed by atoms with Crippen LogP contribution in [0.15, 0.2) is 54.6 Å². The van der Waals surface area contributed by atoms with Crippen molar-refractivity contribution in [3.8, 4) is 0 Å². The van der Waals surface area contributed by atoms with Crippen LogP contribution in [0.3, 0.4) is 0 Å². The Kier molecular flexibility index (Phi) is 6.74. The topological polar surface area (TPSA) is 41.6 Å². The molecular formula is C22H25FN2O2. The van der Waals surface area contributed by atoms with Crippen LogP contribution < -0.4 is 5.32 Å². The number of rotatable bonds is 6. The largest absolute Gasteiger partial charge is 0.379 e. The molecule has 1 fully saturated rings. The third-order valence-corrected chi connectivity index (χ3v) is 4.72. The SMILES string of the molecule is Cc1ccc(C(CNC(=O)/C=C/c2ccc(F)cc2)N2CCOCC2)cc1. The van der Waals surface area contributed by atoms with Gasteiger partial charge in [-0.25, -0.2) is 4.39 Å². The van der Waals surface area contributed by atoms with Gasteiger partial charge < -0.3 is 10.1 Å². The zero-order valence-electron chi connectivity index (χ0n) is 15.5. The van der Waals surface area contributed by atoms with Crippen molar-refractivity contribution in [3.63, 3.8) is 0 Å². The maximum absolute atomic E-state index is 12.9. The minimum atomic E-state index is -0.289. The number of nitrogens with one attached hydrogen (secondary N) is 1. The first kappa shape index (κ1) is 19.3. The molecule has 0 saturated carbocycles. The number of nitrogens with zero attached hydrogens (tertiary/aromatic N) is 1. The molecule has 4 nitrogen and oxygen atoms in total. The van der Waals surface area contributed by atoms with E-state index < -0.39 is 0 Å². The van der Waals surface area contributed by atoms with Gasteiger partial charge in [0.1, 0.15) is 5.82 Å². The van der Waals surface area contributed by atoms with Crippen LogP contribution in [-0.4, -0.2) is 43.7 Å². The molecule has 1 N–H and O–H groups in total. The molecule has 1 aliphatic heterocycles. The van der Waals surface area contributed by atoms with Gasteiger partial charge in [0.15, 0.2) is 0 Å². The second-order valence-electron chi connectivity index (χ2n) is 6.70. The summed E-state index contributed by atoms with van der Waals surface area (Å²) in [5.74, 6) is -0.451. The first-order chi connectivity index (χ1) is 13.1. The lowest BCUT2D eigenvalue weighted by atomic mass is 10.0. The molecule has 0 aromatic heterocycles. The van der Waals surface area contributed by atoms with Gasteiger partial charge in [0.25, 0.3) is 0 Å². The molecule has 5 heteroatoms.